The summed E-state index contributed by atoms with van der Waals surface area (Å²) in [6, 6.07) is 44.9. The van der Waals surface area contributed by atoms with Crippen molar-refractivity contribution in [3.05, 3.63) is 149 Å². The van der Waals surface area contributed by atoms with Crippen LogP contribution in [0.2, 0.25) is 0 Å². The molecule has 0 amide bonds. The molecule has 1 nitrogen and oxygen atoms in total. The van der Waals surface area contributed by atoms with Gasteiger partial charge in [-0.2, -0.15) is 0 Å². The van der Waals surface area contributed by atoms with Crippen molar-refractivity contribution in [3.8, 4) is 11.1 Å². The van der Waals surface area contributed by atoms with E-state index in [1.165, 1.54) is 126 Å². The van der Waals surface area contributed by atoms with Gasteiger partial charge in [0.05, 0.1) is 0 Å². The highest BCUT2D eigenvalue weighted by molar-refractivity contribution is 5.87. The molecule has 5 aromatic rings. The fourth-order valence-corrected chi connectivity index (χ4v) is 9.34. The van der Waals surface area contributed by atoms with Crippen LogP contribution < -0.4 is 4.90 Å². The van der Waals surface area contributed by atoms with E-state index in [-0.39, 0.29) is 10.8 Å². The first-order valence-electron chi connectivity index (χ1n) is 19.2. The molecular weight excluding hydrogens is 591 g/mol. The standard InChI is InChI=1S/C48H53N/c1-47(2,3)38-23-25-39(26-24-38)48(4)45-18-12-11-17-43(45)44-32-31-42(33-46(44)48)49(40-27-19-36(20-28-40)34-13-7-5-8-14-34)41-29-21-37(22-30-41)35-15-9-6-10-16-35/h11-12,17-35H,5-10,13-16H2,1-4H3. The quantitative estimate of drug-likeness (QED) is 0.178. The molecule has 250 valence electrons. The van der Waals surface area contributed by atoms with E-state index in [0.29, 0.717) is 11.8 Å². The van der Waals surface area contributed by atoms with Gasteiger partial charge in [0.2, 0.25) is 0 Å². The number of anilines is 3. The topological polar surface area (TPSA) is 3.24 Å². The van der Waals surface area contributed by atoms with Crippen molar-refractivity contribution in [2.75, 3.05) is 4.90 Å². The predicted molar refractivity (Wildman–Crippen MR) is 209 cm³/mol. The zero-order chi connectivity index (χ0) is 33.6. The lowest BCUT2D eigenvalue weighted by Gasteiger charge is -2.32. The Labute approximate surface area is 295 Å². The van der Waals surface area contributed by atoms with Crippen LogP contribution in [0.3, 0.4) is 0 Å². The maximum atomic E-state index is 2.50. The molecule has 3 aliphatic rings. The van der Waals surface area contributed by atoms with Gasteiger partial charge in [-0.15, -0.1) is 0 Å². The van der Waals surface area contributed by atoms with Crippen molar-refractivity contribution in [1.29, 1.82) is 0 Å². The molecule has 0 aromatic heterocycles. The number of hydrogen-bond acceptors (Lipinski definition) is 1. The molecule has 0 radical (unpaired) electrons. The molecule has 3 aliphatic carbocycles. The fourth-order valence-electron chi connectivity index (χ4n) is 9.34. The number of benzene rings is 5. The Morgan fingerprint density at radius 3 is 1.53 bits per heavy atom. The van der Waals surface area contributed by atoms with E-state index >= 15 is 0 Å². The van der Waals surface area contributed by atoms with Crippen molar-refractivity contribution in [1.82, 2.24) is 0 Å². The average molecular weight is 644 g/mol. The van der Waals surface area contributed by atoms with Gasteiger partial charge in [0.25, 0.3) is 0 Å². The van der Waals surface area contributed by atoms with Crippen LogP contribution in [0.15, 0.2) is 115 Å². The van der Waals surface area contributed by atoms with E-state index in [0.717, 1.165) is 0 Å². The Morgan fingerprint density at radius 2 is 1.00 bits per heavy atom. The first kappa shape index (κ1) is 32.1. The molecule has 49 heavy (non-hydrogen) atoms. The molecule has 5 aromatic carbocycles. The van der Waals surface area contributed by atoms with Crippen LogP contribution in [0, 0.1) is 0 Å². The van der Waals surface area contributed by atoms with E-state index < -0.39 is 0 Å². The Kier molecular flexibility index (Phi) is 8.51. The minimum absolute atomic E-state index is 0.123. The second-order valence-electron chi connectivity index (χ2n) is 16.4. The normalized spacial score (nSPS) is 19.8. The third kappa shape index (κ3) is 5.94. The average Bonchev–Trinajstić information content (AvgIpc) is 3.41. The van der Waals surface area contributed by atoms with Gasteiger partial charge in [0.15, 0.2) is 0 Å². The molecule has 0 heterocycles. The monoisotopic (exact) mass is 643 g/mol. The number of hydrogen-bond donors (Lipinski definition) is 0. The number of fused-ring (bicyclic) bond motifs is 3. The smallest absolute Gasteiger partial charge is 0.0465 e. The summed E-state index contributed by atoms with van der Waals surface area (Å²) in [5, 5.41) is 0. The van der Waals surface area contributed by atoms with Crippen molar-refractivity contribution in [3.63, 3.8) is 0 Å². The second kappa shape index (κ2) is 13.0. The molecular formula is C48H53N. The maximum absolute atomic E-state index is 2.50. The maximum Gasteiger partial charge on any atom is 0.0465 e. The van der Waals surface area contributed by atoms with Crippen molar-refractivity contribution in [2.45, 2.75) is 115 Å². The minimum atomic E-state index is -0.250. The van der Waals surface area contributed by atoms with Gasteiger partial charge in [-0.25, -0.2) is 0 Å². The Morgan fingerprint density at radius 1 is 0.510 bits per heavy atom. The summed E-state index contributed by atoms with van der Waals surface area (Å²) in [5.74, 6) is 1.41. The van der Waals surface area contributed by atoms with Gasteiger partial charge < -0.3 is 4.90 Å². The van der Waals surface area contributed by atoms with Crippen LogP contribution in [0.1, 0.15) is 137 Å². The molecule has 0 bridgehead atoms. The lowest BCUT2D eigenvalue weighted by atomic mass is 9.73. The highest BCUT2D eigenvalue weighted by atomic mass is 15.1. The molecule has 1 heteroatoms. The Balaban J connectivity index is 1.23. The van der Waals surface area contributed by atoms with Gasteiger partial charge >= 0.3 is 0 Å². The third-order valence-corrected chi connectivity index (χ3v) is 12.3. The molecule has 1 atom stereocenters. The van der Waals surface area contributed by atoms with E-state index in [2.05, 4.69) is 148 Å². The minimum Gasteiger partial charge on any atom is -0.310 e. The van der Waals surface area contributed by atoms with Crippen LogP contribution in [-0.2, 0) is 10.8 Å². The van der Waals surface area contributed by atoms with Crippen LogP contribution in [0.5, 0.6) is 0 Å². The first-order chi connectivity index (χ1) is 23.8. The Bertz CT molecular complexity index is 1830. The van der Waals surface area contributed by atoms with E-state index in [1.54, 1.807) is 0 Å². The van der Waals surface area contributed by atoms with Crippen molar-refractivity contribution >= 4 is 17.1 Å². The zero-order valence-corrected chi connectivity index (χ0v) is 30.1. The lowest BCUT2D eigenvalue weighted by Crippen LogP contribution is -2.23. The largest absolute Gasteiger partial charge is 0.310 e. The van der Waals surface area contributed by atoms with E-state index in [1.807, 2.05) is 0 Å². The summed E-state index contributed by atoms with van der Waals surface area (Å²) < 4.78 is 0. The summed E-state index contributed by atoms with van der Waals surface area (Å²) in [7, 11) is 0. The summed E-state index contributed by atoms with van der Waals surface area (Å²) >= 11 is 0. The molecule has 0 aliphatic heterocycles. The second-order valence-corrected chi connectivity index (χ2v) is 16.4. The molecule has 1 unspecified atom stereocenters. The number of nitrogens with zero attached hydrogens (tertiary/aromatic N) is 1. The highest BCUT2D eigenvalue weighted by Crippen LogP contribution is 2.54. The van der Waals surface area contributed by atoms with E-state index in [4.69, 9.17) is 0 Å². The van der Waals surface area contributed by atoms with Crippen LogP contribution in [-0.4, -0.2) is 0 Å². The van der Waals surface area contributed by atoms with Gasteiger partial charge in [-0.1, -0.05) is 138 Å². The first-order valence-corrected chi connectivity index (χ1v) is 19.2. The van der Waals surface area contributed by atoms with Gasteiger partial charge in [-0.05, 0) is 131 Å². The summed E-state index contributed by atoms with van der Waals surface area (Å²) in [5.41, 5.74) is 14.8. The summed E-state index contributed by atoms with van der Waals surface area (Å²) in [6.07, 6.45) is 13.5. The molecule has 2 fully saturated rings. The van der Waals surface area contributed by atoms with Crippen molar-refractivity contribution in [2.24, 2.45) is 0 Å². The summed E-state index contributed by atoms with van der Waals surface area (Å²) in [6.45, 7) is 9.34. The zero-order valence-electron chi connectivity index (χ0n) is 30.1. The molecule has 2 saturated carbocycles. The van der Waals surface area contributed by atoms with Gasteiger partial charge in [-0.3, -0.25) is 0 Å². The predicted octanol–water partition coefficient (Wildman–Crippen LogP) is 13.9. The lowest BCUT2D eigenvalue weighted by molar-refractivity contribution is 0.443. The van der Waals surface area contributed by atoms with Crippen LogP contribution in [0.4, 0.5) is 17.1 Å². The highest BCUT2D eigenvalue weighted by Gasteiger charge is 2.41. The SMILES string of the molecule is CC(C)(C)c1ccc(C2(C)c3ccccc3-c3ccc(N(c4ccc(C5CCCCC5)cc4)c4ccc(C5CCCCC5)cc4)cc32)cc1. The third-order valence-electron chi connectivity index (χ3n) is 12.3. The van der Waals surface area contributed by atoms with Crippen LogP contribution >= 0.6 is 0 Å². The molecule has 0 N–H and O–H groups in total. The van der Waals surface area contributed by atoms with Crippen LogP contribution in [0.25, 0.3) is 11.1 Å². The molecule has 0 saturated heterocycles. The summed E-state index contributed by atoms with van der Waals surface area (Å²) in [4.78, 5) is 2.50. The van der Waals surface area contributed by atoms with E-state index in [9.17, 15) is 0 Å². The number of rotatable bonds is 6. The Hall–Kier alpha value is -4.10. The van der Waals surface area contributed by atoms with Gasteiger partial charge in [0.1, 0.15) is 0 Å². The molecule has 8 rings (SSSR count). The fraction of sp³-hybridized carbons (Fsp3) is 0.375. The molecule has 0 spiro atoms. The van der Waals surface area contributed by atoms with Crippen molar-refractivity contribution < 1.29 is 0 Å². The van der Waals surface area contributed by atoms with Gasteiger partial charge in [0, 0.05) is 22.5 Å².